The largest absolute Gasteiger partial charge is 0.396 e. The Bertz CT molecular complexity index is 456. The molecule has 0 spiro atoms. The van der Waals surface area contributed by atoms with Crippen LogP contribution in [0.25, 0.3) is 0 Å². The lowest BCUT2D eigenvalue weighted by Gasteiger charge is -2.29. The number of anilines is 2. The van der Waals surface area contributed by atoms with E-state index in [-0.39, 0.29) is 6.10 Å². The fourth-order valence-corrected chi connectivity index (χ4v) is 2.46. The summed E-state index contributed by atoms with van der Waals surface area (Å²) >= 11 is 0. The molecule has 1 heterocycles. The van der Waals surface area contributed by atoms with Crippen molar-refractivity contribution in [1.82, 2.24) is 0 Å². The van der Waals surface area contributed by atoms with Gasteiger partial charge in [-0.2, -0.15) is 0 Å². The van der Waals surface area contributed by atoms with Gasteiger partial charge in [0.15, 0.2) is 0 Å². The SMILES string of the molecule is CN(CC1CCCCO1)c1cccc(C(N)=O)c1N. The van der Waals surface area contributed by atoms with Gasteiger partial charge in [-0.3, -0.25) is 4.79 Å². The number of rotatable bonds is 4. The number of hydrogen-bond acceptors (Lipinski definition) is 4. The van der Waals surface area contributed by atoms with E-state index in [4.69, 9.17) is 16.2 Å². The number of ether oxygens (including phenoxy) is 1. The van der Waals surface area contributed by atoms with Crippen LogP contribution in [-0.4, -0.2) is 32.2 Å². The Kier molecular flexibility index (Phi) is 4.27. The molecule has 0 radical (unpaired) electrons. The highest BCUT2D eigenvalue weighted by Crippen LogP contribution is 2.26. The van der Waals surface area contributed by atoms with Gasteiger partial charge in [-0.25, -0.2) is 0 Å². The summed E-state index contributed by atoms with van der Waals surface area (Å²) < 4.78 is 5.71. The Morgan fingerprint density at radius 3 is 2.89 bits per heavy atom. The Hall–Kier alpha value is -1.75. The molecule has 2 rings (SSSR count). The molecule has 104 valence electrons. The van der Waals surface area contributed by atoms with Gasteiger partial charge in [0, 0.05) is 20.2 Å². The second-order valence-electron chi connectivity index (χ2n) is 4.97. The summed E-state index contributed by atoms with van der Waals surface area (Å²) in [7, 11) is 1.95. The van der Waals surface area contributed by atoms with Crippen LogP contribution in [0.5, 0.6) is 0 Å². The van der Waals surface area contributed by atoms with Gasteiger partial charge in [0.05, 0.1) is 23.0 Å². The molecule has 1 atom stereocenters. The first-order chi connectivity index (χ1) is 9.09. The number of carbonyl (C=O) groups is 1. The predicted octanol–water partition coefficient (Wildman–Crippen LogP) is 1.37. The molecule has 1 aliphatic heterocycles. The van der Waals surface area contributed by atoms with Crippen LogP contribution in [0.4, 0.5) is 11.4 Å². The van der Waals surface area contributed by atoms with Crippen molar-refractivity contribution in [3.63, 3.8) is 0 Å². The van der Waals surface area contributed by atoms with Gasteiger partial charge in [-0.1, -0.05) is 6.07 Å². The number of para-hydroxylation sites is 1. The van der Waals surface area contributed by atoms with Crippen molar-refractivity contribution in [2.75, 3.05) is 30.8 Å². The Balaban J connectivity index is 2.12. The summed E-state index contributed by atoms with van der Waals surface area (Å²) in [6.07, 6.45) is 3.64. The van der Waals surface area contributed by atoms with E-state index < -0.39 is 5.91 Å². The fourth-order valence-electron chi connectivity index (χ4n) is 2.46. The molecular formula is C14H21N3O2. The van der Waals surface area contributed by atoms with Crippen LogP contribution >= 0.6 is 0 Å². The maximum atomic E-state index is 11.3. The van der Waals surface area contributed by atoms with Crippen molar-refractivity contribution < 1.29 is 9.53 Å². The summed E-state index contributed by atoms with van der Waals surface area (Å²) in [5.41, 5.74) is 12.9. The molecule has 1 saturated heterocycles. The zero-order valence-electron chi connectivity index (χ0n) is 11.3. The summed E-state index contributed by atoms with van der Waals surface area (Å²) in [4.78, 5) is 13.3. The number of primary amides is 1. The first kappa shape index (κ1) is 13.7. The van der Waals surface area contributed by atoms with Crippen molar-refractivity contribution >= 4 is 17.3 Å². The second kappa shape index (κ2) is 5.93. The van der Waals surface area contributed by atoms with Crippen LogP contribution in [0.2, 0.25) is 0 Å². The number of amides is 1. The van der Waals surface area contributed by atoms with Gasteiger partial charge >= 0.3 is 0 Å². The molecule has 0 bridgehead atoms. The van der Waals surface area contributed by atoms with Crippen molar-refractivity contribution in [3.05, 3.63) is 23.8 Å². The number of hydrogen-bond donors (Lipinski definition) is 2. The van der Waals surface area contributed by atoms with E-state index in [0.717, 1.165) is 31.7 Å². The lowest BCUT2D eigenvalue weighted by atomic mass is 10.1. The van der Waals surface area contributed by atoms with E-state index in [1.165, 1.54) is 6.42 Å². The molecule has 1 aliphatic rings. The van der Waals surface area contributed by atoms with Gasteiger partial charge in [0.2, 0.25) is 0 Å². The van der Waals surface area contributed by atoms with Gasteiger partial charge in [-0.15, -0.1) is 0 Å². The van der Waals surface area contributed by atoms with Crippen molar-refractivity contribution in [2.24, 2.45) is 5.73 Å². The minimum Gasteiger partial charge on any atom is -0.396 e. The highest BCUT2D eigenvalue weighted by Gasteiger charge is 2.18. The molecule has 0 aromatic heterocycles. The fraction of sp³-hybridized carbons (Fsp3) is 0.500. The second-order valence-corrected chi connectivity index (χ2v) is 4.97. The number of carbonyl (C=O) groups excluding carboxylic acids is 1. The van der Waals surface area contributed by atoms with E-state index in [9.17, 15) is 4.79 Å². The van der Waals surface area contributed by atoms with Crippen LogP contribution in [0, 0.1) is 0 Å². The monoisotopic (exact) mass is 263 g/mol. The third-order valence-corrected chi connectivity index (χ3v) is 3.51. The molecule has 0 aliphatic carbocycles. The summed E-state index contributed by atoms with van der Waals surface area (Å²) in [6, 6.07) is 5.33. The number of nitrogen functional groups attached to an aromatic ring is 1. The molecule has 1 unspecified atom stereocenters. The van der Waals surface area contributed by atoms with Crippen LogP contribution in [0.15, 0.2) is 18.2 Å². The van der Waals surface area contributed by atoms with E-state index in [1.807, 2.05) is 18.0 Å². The molecule has 0 saturated carbocycles. The smallest absolute Gasteiger partial charge is 0.250 e. The number of likely N-dealkylation sites (N-methyl/N-ethyl adjacent to an activating group) is 1. The van der Waals surface area contributed by atoms with Crippen molar-refractivity contribution in [1.29, 1.82) is 0 Å². The average molecular weight is 263 g/mol. The van der Waals surface area contributed by atoms with Gasteiger partial charge in [-0.05, 0) is 31.4 Å². The Labute approximate surface area is 113 Å². The summed E-state index contributed by atoms with van der Waals surface area (Å²) in [6.45, 7) is 1.60. The summed E-state index contributed by atoms with van der Waals surface area (Å²) in [5.74, 6) is -0.498. The van der Waals surface area contributed by atoms with Crippen molar-refractivity contribution in [3.8, 4) is 0 Å². The maximum absolute atomic E-state index is 11.3. The number of benzene rings is 1. The topological polar surface area (TPSA) is 81.6 Å². The van der Waals surface area contributed by atoms with E-state index in [2.05, 4.69) is 0 Å². The standard InChI is InChI=1S/C14H21N3O2/c1-17(9-10-5-2-3-8-19-10)12-7-4-6-11(13(12)15)14(16)18/h4,6-7,10H,2-3,5,8-9,15H2,1H3,(H2,16,18). The third-order valence-electron chi connectivity index (χ3n) is 3.51. The van der Waals surface area contributed by atoms with Crippen molar-refractivity contribution in [2.45, 2.75) is 25.4 Å². The Morgan fingerprint density at radius 1 is 1.47 bits per heavy atom. The molecular weight excluding hydrogens is 242 g/mol. The predicted molar refractivity (Wildman–Crippen MR) is 76.2 cm³/mol. The molecule has 4 N–H and O–H groups in total. The normalized spacial score (nSPS) is 19.1. The van der Waals surface area contributed by atoms with E-state index in [1.54, 1.807) is 12.1 Å². The lowest BCUT2D eigenvalue weighted by Crippen LogP contribution is -2.34. The van der Waals surface area contributed by atoms with Gasteiger partial charge in [0.25, 0.3) is 5.91 Å². The first-order valence-electron chi connectivity index (χ1n) is 6.60. The highest BCUT2D eigenvalue weighted by atomic mass is 16.5. The van der Waals surface area contributed by atoms with Crippen LogP contribution in [0.1, 0.15) is 29.6 Å². The minimum absolute atomic E-state index is 0.232. The maximum Gasteiger partial charge on any atom is 0.250 e. The van der Waals surface area contributed by atoms with Crippen LogP contribution in [-0.2, 0) is 4.74 Å². The lowest BCUT2D eigenvalue weighted by molar-refractivity contribution is 0.0216. The highest BCUT2D eigenvalue weighted by molar-refractivity contribution is 6.00. The van der Waals surface area contributed by atoms with Gasteiger partial charge < -0.3 is 21.1 Å². The summed E-state index contributed by atoms with van der Waals surface area (Å²) in [5, 5.41) is 0. The number of nitrogens with zero attached hydrogens (tertiary/aromatic N) is 1. The third kappa shape index (κ3) is 3.17. The molecule has 19 heavy (non-hydrogen) atoms. The first-order valence-corrected chi connectivity index (χ1v) is 6.60. The molecule has 1 fully saturated rings. The van der Waals surface area contributed by atoms with Crippen LogP contribution < -0.4 is 16.4 Å². The molecule has 1 aromatic rings. The molecule has 1 aromatic carbocycles. The quantitative estimate of drug-likeness (QED) is 0.804. The van der Waals surface area contributed by atoms with E-state index in [0.29, 0.717) is 11.3 Å². The minimum atomic E-state index is -0.498. The molecule has 1 amide bonds. The van der Waals surface area contributed by atoms with Gasteiger partial charge in [0.1, 0.15) is 0 Å². The Morgan fingerprint density at radius 2 is 2.26 bits per heavy atom. The van der Waals surface area contributed by atoms with E-state index >= 15 is 0 Å². The zero-order valence-corrected chi connectivity index (χ0v) is 11.3. The molecule has 5 heteroatoms. The average Bonchev–Trinajstić information content (AvgIpc) is 2.39. The van der Waals surface area contributed by atoms with Crippen LogP contribution in [0.3, 0.4) is 0 Å². The molecule has 5 nitrogen and oxygen atoms in total. The zero-order chi connectivity index (χ0) is 13.8. The number of nitrogens with two attached hydrogens (primary N) is 2.